The third kappa shape index (κ3) is 11.7. The summed E-state index contributed by atoms with van der Waals surface area (Å²) in [7, 11) is 3.20. The molecule has 70 heavy (non-hydrogen) atoms. The Morgan fingerprint density at radius 3 is 1.53 bits per heavy atom. The quantitative estimate of drug-likeness (QED) is 0.0451. The Labute approximate surface area is 415 Å². The summed E-state index contributed by atoms with van der Waals surface area (Å²) in [6.45, 7) is 4.46. The number of hydrogen-bond acceptors (Lipinski definition) is 13. The summed E-state index contributed by atoms with van der Waals surface area (Å²) < 4.78 is 42.4. The monoisotopic (exact) mass is 994 g/mol. The highest BCUT2D eigenvalue weighted by Crippen LogP contribution is 2.32. The number of fused-ring (bicyclic) bond motifs is 2. The van der Waals surface area contributed by atoms with Crippen LogP contribution in [0.2, 0.25) is 10.0 Å². The van der Waals surface area contributed by atoms with Crippen molar-refractivity contribution in [2.24, 2.45) is 0 Å². The predicted octanol–water partition coefficient (Wildman–Crippen LogP) is 10.5. The summed E-state index contributed by atoms with van der Waals surface area (Å²) in [6, 6.07) is 1.61. The Balaban J connectivity index is 0.954. The molecule has 8 heterocycles. The maximum atomic E-state index is 15.4. The van der Waals surface area contributed by atoms with Crippen LogP contribution >= 0.6 is 23.2 Å². The number of aromatic nitrogens is 8. The molecule has 0 aliphatic carbocycles. The Kier molecular flexibility index (Phi) is 16.9. The molecule has 0 bridgehead atoms. The van der Waals surface area contributed by atoms with Gasteiger partial charge in [0.25, 0.3) is 0 Å². The molecule has 15 nitrogen and oxygen atoms in total. The Morgan fingerprint density at radius 2 is 1.11 bits per heavy atom. The smallest absolute Gasteiger partial charge is 0.183 e. The summed E-state index contributed by atoms with van der Waals surface area (Å²) >= 11 is 12.5. The zero-order valence-corrected chi connectivity index (χ0v) is 41.1. The number of rotatable bonds is 24. The third-order valence-corrected chi connectivity index (χ3v) is 13.2. The number of aromatic amines is 2. The molecule has 0 radical (unpaired) electrons. The number of Topliss-reactive ketones (excluding diaryl/α,β-unsaturated/α-hetero) is 1. The van der Waals surface area contributed by atoms with Gasteiger partial charge in [0.2, 0.25) is 0 Å². The molecular weight excluding hydrogens is 938 g/mol. The van der Waals surface area contributed by atoms with Gasteiger partial charge in [0.05, 0.1) is 35.7 Å². The second-order valence-corrected chi connectivity index (χ2v) is 18.4. The number of pyridine rings is 2. The number of carbonyl (C=O) groups is 1. The summed E-state index contributed by atoms with van der Waals surface area (Å²) in [5.74, 6) is -0.289. The van der Waals surface area contributed by atoms with Crippen molar-refractivity contribution in [3.8, 4) is 22.8 Å². The van der Waals surface area contributed by atoms with Crippen LogP contribution in [0, 0.1) is 11.6 Å². The molecule has 6 aromatic rings. The van der Waals surface area contributed by atoms with Gasteiger partial charge in [-0.3, -0.25) is 4.79 Å². The lowest BCUT2D eigenvalue weighted by atomic mass is 9.94. The number of carbonyl (C=O) groups excluding carboxylic acids is 1. The fourth-order valence-electron chi connectivity index (χ4n) is 9.36. The first-order valence-electron chi connectivity index (χ1n) is 23.7. The van der Waals surface area contributed by atoms with Crippen LogP contribution in [-0.2, 0) is 14.3 Å². The number of ketones is 1. The van der Waals surface area contributed by atoms with Gasteiger partial charge in [-0.25, -0.2) is 38.7 Å². The first kappa shape index (κ1) is 50.1. The number of ether oxygens (including phenoxy) is 2. The molecule has 0 amide bonds. The van der Waals surface area contributed by atoms with Crippen LogP contribution in [0.3, 0.4) is 0 Å². The molecule has 19 heteroatoms. The lowest BCUT2D eigenvalue weighted by Gasteiger charge is -2.42. The molecule has 2 aliphatic rings. The number of nitrogens with zero attached hydrogens (tertiary/aromatic N) is 8. The van der Waals surface area contributed by atoms with Gasteiger partial charge in [-0.2, -0.15) is 0 Å². The molecule has 4 unspecified atom stereocenters. The van der Waals surface area contributed by atoms with Crippen LogP contribution in [0.4, 0.5) is 20.4 Å². The molecule has 6 aromatic heterocycles. The van der Waals surface area contributed by atoms with Gasteiger partial charge in [-0.15, -0.1) is 0 Å². The number of methoxy groups -OCH3 is 2. The lowest BCUT2D eigenvalue weighted by molar-refractivity contribution is -0.132. The number of halogens is 4. The van der Waals surface area contributed by atoms with E-state index in [0.29, 0.717) is 69.8 Å². The molecule has 2 aliphatic heterocycles. The maximum Gasteiger partial charge on any atom is 0.183 e. The van der Waals surface area contributed by atoms with Crippen LogP contribution in [-0.4, -0.2) is 119 Å². The number of hydrogen-bond donors (Lipinski definition) is 4. The Hall–Kier alpha value is -6.27. The van der Waals surface area contributed by atoms with E-state index in [2.05, 4.69) is 86.3 Å². The van der Waals surface area contributed by atoms with E-state index in [0.717, 1.165) is 36.5 Å². The van der Waals surface area contributed by atoms with Crippen molar-refractivity contribution < 1.29 is 23.0 Å². The topological polar surface area (TPSA) is 175 Å². The minimum absolute atomic E-state index is 0.0567. The van der Waals surface area contributed by atoms with Gasteiger partial charge in [0.1, 0.15) is 23.4 Å². The van der Waals surface area contributed by atoms with Gasteiger partial charge < -0.3 is 39.9 Å². The fraction of sp³-hybridized carbons (Fsp3) is 0.392. The highest BCUT2D eigenvalue weighted by Gasteiger charge is 2.38. The molecule has 368 valence electrons. The number of H-pyrrole nitrogens is 2. The van der Waals surface area contributed by atoms with E-state index in [9.17, 15) is 0 Å². The van der Waals surface area contributed by atoms with Crippen LogP contribution in [0.25, 0.3) is 44.8 Å². The Bertz CT molecular complexity index is 2680. The highest BCUT2D eigenvalue weighted by atomic mass is 35.5. The average molecular weight is 996 g/mol. The molecule has 0 fully saturated rings. The molecule has 4 N–H and O–H groups in total. The van der Waals surface area contributed by atoms with Crippen molar-refractivity contribution in [3.63, 3.8) is 0 Å². The normalized spacial score (nSPS) is 17.4. The SMILES string of the molecule is CCCC(CCC1C=CC=CN1[C@@H](COC)C(=O)[C@H](COC)N1C=CC=CC1CCC(CCC)Nc1nc(-c2c[nH]c3ncc(Cl)cc23)ncc1F)Nc1nc(-c2c[nH]c3ncc(Cl)cc23)ncc1F. The van der Waals surface area contributed by atoms with E-state index in [1.165, 1.54) is 12.4 Å². The highest BCUT2D eigenvalue weighted by molar-refractivity contribution is 6.31. The second kappa shape index (κ2) is 23.6. The first-order chi connectivity index (χ1) is 34.1. The van der Waals surface area contributed by atoms with Crippen LogP contribution in [0.15, 0.2) is 98.2 Å². The van der Waals surface area contributed by atoms with Crippen LogP contribution in [0.5, 0.6) is 0 Å². The van der Waals surface area contributed by atoms with E-state index in [-0.39, 0.29) is 54.8 Å². The van der Waals surface area contributed by atoms with Gasteiger partial charge in [-0.1, -0.05) is 74.2 Å². The van der Waals surface area contributed by atoms with Crippen molar-refractivity contribution in [2.45, 2.75) is 101 Å². The average Bonchev–Trinajstić information content (AvgIpc) is 3.99. The summed E-state index contributed by atoms with van der Waals surface area (Å²) in [5, 5.41) is 9.16. The van der Waals surface area contributed by atoms with E-state index >= 15 is 13.6 Å². The van der Waals surface area contributed by atoms with E-state index in [1.807, 2.05) is 36.7 Å². The number of anilines is 2. The molecular formula is C51H58Cl2F2N12O3. The third-order valence-electron chi connectivity index (χ3n) is 12.7. The second-order valence-electron chi connectivity index (χ2n) is 17.5. The zero-order valence-electron chi connectivity index (χ0n) is 39.6. The molecule has 0 saturated carbocycles. The fourth-order valence-corrected chi connectivity index (χ4v) is 9.67. The predicted molar refractivity (Wildman–Crippen MR) is 271 cm³/mol. The van der Waals surface area contributed by atoms with Crippen molar-refractivity contribution in [2.75, 3.05) is 38.1 Å². The Morgan fingerprint density at radius 1 is 0.671 bits per heavy atom. The minimum atomic E-state index is -0.664. The standard InChI is InChI=1S/C51H58Cl2F2N12O3/c1-5-11-33(62-50-41(54)27-60-48(64-50)39-25-58-46-37(39)21-31(52)23-56-46)15-17-35-13-7-9-19-66(35)43(29-69-3)45(68)44(30-70-4)67-20-10-8-14-36(67)18-16-34(12-6-2)63-51-42(55)28-61-49(65-51)40-26-59-47-38(40)22-32(53)24-57-47/h7-10,13-14,19-28,33-36,43-44H,5-6,11-12,15-18,29-30H2,1-4H3,(H,56,58)(H,57,59)(H,60,62,64)(H,61,63,65)/t33?,34?,35?,36?,43-,44-/m0/s1. The first-order valence-corrected chi connectivity index (χ1v) is 24.4. The van der Waals surface area contributed by atoms with Crippen molar-refractivity contribution in [1.82, 2.24) is 49.7 Å². The summed E-state index contributed by atoms with van der Waals surface area (Å²) in [4.78, 5) is 52.0. The zero-order chi connectivity index (χ0) is 49.1. The number of nitrogens with one attached hydrogen (secondary N) is 4. The van der Waals surface area contributed by atoms with Crippen molar-refractivity contribution in [1.29, 1.82) is 0 Å². The number of allylic oxidation sites excluding steroid dienone is 4. The van der Waals surface area contributed by atoms with Gasteiger partial charge in [0.15, 0.2) is 40.7 Å². The van der Waals surface area contributed by atoms with Crippen molar-refractivity contribution in [3.05, 3.63) is 120 Å². The summed E-state index contributed by atoms with van der Waals surface area (Å²) in [6.07, 6.45) is 30.7. The largest absolute Gasteiger partial charge is 0.382 e. The molecule has 0 aromatic carbocycles. The molecule has 0 spiro atoms. The summed E-state index contributed by atoms with van der Waals surface area (Å²) in [5.41, 5.74) is 2.57. The van der Waals surface area contributed by atoms with Gasteiger partial charge >= 0.3 is 0 Å². The van der Waals surface area contributed by atoms with Crippen molar-refractivity contribution >= 4 is 62.7 Å². The van der Waals surface area contributed by atoms with Gasteiger partial charge in [-0.05, 0) is 62.8 Å². The lowest BCUT2D eigenvalue weighted by Crippen LogP contribution is -2.56. The molecule has 8 rings (SSSR count). The van der Waals surface area contributed by atoms with E-state index in [1.54, 1.807) is 51.1 Å². The maximum absolute atomic E-state index is 15.4. The van der Waals surface area contributed by atoms with E-state index < -0.39 is 23.7 Å². The van der Waals surface area contributed by atoms with Crippen LogP contribution in [0.1, 0.15) is 65.2 Å². The van der Waals surface area contributed by atoms with E-state index in [4.69, 9.17) is 32.7 Å². The molecule has 6 atom stereocenters. The minimum Gasteiger partial charge on any atom is -0.382 e. The van der Waals surface area contributed by atoms with Gasteiger partial charge in [0, 0.05) is 97.5 Å². The van der Waals surface area contributed by atoms with Crippen LogP contribution < -0.4 is 10.6 Å². The molecule has 0 saturated heterocycles.